The van der Waals surface area contributed by atoms with Gasteiger partial charge >= 0.3 is 0 Å². The average Bonchev–Trinajstić information content (AvgIpc) is 2.35. The molecule has 0 saturated carbocycles. The highest BCUT2D eigenvalue weighted by molar-refractivity contribution is 6.39. The Balaban J connectivity index is 1.94. The third-order valence-corrected chi connectivity index (χ3v) is 3.27. The zero-order chi connectivity index (χ0) is 13.0. The monoisotopic (exact) mass is 288 g/mol. The SMILES string of the molecule is O=C(CC1CNCCO1)Nc1c(Cl)cccc1Cl. The van der Waals surface area contributed by atoms with Crippen LogP contribution in [0.2, 0.25) is 10.0 Å². The molecule has 2 rings (SSSR count). The molecule has 1 amide bonds. The van der Waals surface area contributed by atoms with Crippen LogP contribution < -0.4 is 10.6 Å². The van der Waals surface area contributed by atoms with Gasteiger partial charge in [0.1, 0.15) is 0 Å². The molecule has 6 heteroatoms. The second-order valence-electron chi connectivity index (χ2n) is 4.05. The Morgan fingerprint density at radius 1 is 1.44 bits per heavy atom. The van der Waals surface area contributed by atoms with Crippen molar-refractivity contribution < 1.29 is 9.53 Å². The van der Waals surface area contributed by atoms with E-state index in [0.29, 0.717) is 28.9 Å². The molecule has 0 aliphatic carbocycles. The van der Waals surface area contributed by atoms with E-state index in [0.717, 1.165) is 6.54 Å². The lowest BCUT2D eigenvalue weighted by molar-refractivity contribution is -0.119. The third kappa shape index (κ3) is 3.59. The number of carbonyl (C=O) groups excluding carboxylic acids is 1. The van der Waals surface area contributed by atoms with Crippen molar-refractivity contribution in [3.8, 4) is 0 Å². The van der Waals surface area contributed by atoms with Gasteiger partial charge in [-0.1, -0.05) is 29.3 Å². The first-order chi connectivity index (χ1) is 8.66. The van der Waals surface area contributed by atoms with E-state index in [1.54, 1.807) is 18.2 Å². The maximum atomic E-state index is 11.8. The number of anilines is 1. The molecule has 4 nitrogen and oxygen atoms in total. The summed E-state index contributed by atoms with van der Waals surface area (Å²) < 4.78 is 5.46. The van der Waals surface area contributed by atoms with Crippen molar-refractivity contribution in [2.45, 2.75) is 12.5 Å². The molecule has 0 spiro atoms. The number of benzene rings is 1. The highest BCUT2D eigenvalue weighted by Crippen LogP contribution is 2.29. The summed E-state index contributed by atoms with van der Waals surface area (Å²) >= 11 is 11.9. The molecule has 1 saturated heterocycles. The summed E-state index contributed by atoms with van der Waals surface area (Å²) in [7, 11) is 0. The van der Waals surface area contributed by atoms with Crippen molar-refractivity contribution in [1.82, 2.24) is 5.32 Å². The van der Waals surface area contributed by atoms with Gasteiger partial charge in [0.2, 0.25) is 5.91 Å². The predicted molar refractivity (Wildman–Crippen MR) is 72.3 cm³/mol. The van der Waals surface area contributed by atoms with Crippen molar-refractivity contribution in [2.75, 3.05) is 25.0 Å². The summed E-state index contributed by atoms with van der Waals surface area (Å²) in [5, 5.41) is 6.74. The summed E-state index contributed by atoms with van der Waals surface area (Å²) in [6, 6.07) is 5.10. The first-order valence-electron chi connectivity index (χ1n) is 5.73. The van der Waals surface area contributed by atoms with Crippen LogP contribution in [0.1, 0.15) is 6.42 Å². The first kappa shape index (κ1) is 13.6. The van der Waals surface area contributed by atoms with Crippen LogP contribution in [-0.4, -0.2) is 31.7 Å². The zero-order valence-corrected chi connectivity index (χ0v) is 11.2. The van der Waals surface area contributed by atoms with Gasteiger partial charge in [-0.15, -0.1) is 0 Å². The Labute approximate surface area is 116 Å². The highest BCUT2D eigenvalue weighted by atomic mass is 35.5. The average molecular weight is 289 g/mol. The smallest absolute Gasteiger partial charge is 0.227 e. The van der Waals surface area contributed by atoms with E-state index in [1.165, 1.54) is 0 Å². The number of hydrogen-bond acceptors (Lipinski definition) is 3. The van der Waals surface area contributed by atoms with Crippen LogP contribution in [-0.2, 0) is 9.53 Å². The molecule has 1 atom stereocenters. The summed E-state index contributed by atoms with van der Waals surface area (Å²) in [4.78, 5) is 11.8. The van der Waals surface area contributed by atoms with Gasteiger partial charge in [-0.25, -0.2) is 0 Å². The quantitative estimate of drug-likeness (QED) is 0.897. The molecule has 0 bridgehead atoms. The highest BCUT2D eigenvalue weighted by Gasteiger charge is 2.18. The third-order valence-electron chi connectivity index (χ3n) is 2.64. The second-order valence-corrected chi connectivity index (χ2v) is 4.86. The Morgan fingerprint density at radius 2 is 2.17 bits per heavy atom. The number of ether oxygens (including phenoxy) is 1. The van der Waals surface area contributed by atoms with Crippen LogP contribution in [0.25, 0.3) is 0 Å². The van der Waals surface area contributed by atoms with Crippen molar-refractivity contribution >= 4 is 34.8 Å². The number of hydrogen-bond donors (Lipinski definition) is 2. The van der Waals surface area contributed by atoms with Crippen molar-refractivity contribution in [3.63, 3.8) is 0 Å². The molecule has 0 radical (unpaired) electrons. The molecule has 1 aromatic carbocycles. The zero-order valence-electron chi connectivity index (χ0n) is 9.71. The maximum Gasteiger partial charge on any atom is 0.227 e. The molecular weight excluding hydrogens is 275 g/mol. The number of halogens is 2. The van der Waals surface area contributed by atoms with Gasteiger partial charge in [-0.2, -0.15) is 0 Å². The van der Waals surface area contributed by atoms with E-state index in [4.69, 9.17) is 27.9 Å². The Kier molecular flexibility index (Phi) is 4.83. The van der Waals surface area contributed by atoms with E-state index in [9.17, 15) is 4.79 Å². The van der Waals surface area contributed by atoms with E-state index >= 15 is 0 Å². The number of morpholine rings is 1. The molecule has 1 unspecified atom stereocenters. The van der Waals surface area contributed by atoms with Crippen LogP contribution in [0.4, 0.5) is 5.69 Å². The standard InChI is InChI=1S/C12H14Cl2N2O2/c13-9-2-1-3-10(14)12(9)16-11(17)6-8-7-15-4-5-18-8/h1-3,8,15H,4-7H2,(H,16,17). The van der Waals surface area contributed by atoms with Crippen LogP contribution in [0.15, 0.2) is 18.2 Å². The molecule has 0 aromatic heterocycles. The largest absolute Gasteiger partial charge is 0.375 e. The summed E-state index contributed by atoms with van der Waals surface area (Å²) in [5.41, 5.74) is 0.453. The first-order valence-corrected chi connectivity index (χ1v) is 6.48. The van der Waals surface area contributed by atoms with Gasteiger partial charge in [-0.05, 0) is 12.1 Å². The number of para-hydroxylation sites is 1. The molecule has 1 fully saturated rings. The Bertz CT molecular complexity index is 414. The molecule has 1 aliphatic rings. The van der Waals surface area contributed by atoms with Gasteiger partial charge in [0.05, 0.1) is 34.9 Å². The van der Waals surface area contributed by atoms with E-state index in [-0.39, 0.29) is 18.4 Å². The fourth-order valence-corrected chi connectivity index (χ4v) is 2.26. The van der Waals surface area contributed by atoms with Gasteiger partial charge in [0.15, 0.2) is 0 Å². The van der Waals surface area contributed by atoms with Crippen LogP contribution in [0.3, 0.4) is 0 Å². The van der Waals surface area contributed by atoms with E-state index < -0.39 is 0 Å². The molecule has 1 aromatic rings. The van der Waals surface area contributed by atoms with Gasteiger partial charge in [0.25, 0.3) is 0 Å². The second kappa shape index (κ2) is 6.38. The summed E-state index contributed by atoms with van der Waals surface area (Å²) in [6.07, 6.45) is 0.189. The van der Waals surface area contributed by atoms with Gasteiger partial charge < -0.3 is 15.4 Å². The molecule has 18 heavy (non-hydrogen) atoms. The van der Waals surface area contributed by atoms with Crippen LogP contribution in [0, 0.1) is 0 Å². The number of carbonyl (C=O) groups is 1. The lowest BCUT2D eigenvalue weighted by atomic mass is 10.2. The topological polar surface area (TPSA) is 50.4 Å². The number of rotatable bonds is 3. The lowest BCUT2D eigenvalue weighted by Crippen LogP contribution is -2.40. The minimum absolute atomic E-state index is 0.0972. The van der Waals surface area contributed by atoms with Crippen LogP contribution >= 0.6 is 23.2 Å². The predicted octanol–water partition coefficient (Wildman–Crippen LogP) is 2.31. The van der Waals surface area contributed by atoms with E-state index in [1.807, 2.05) is 0 Å². The minimum Gasteiger partial charge on any atom is -0.375 e. The summed E-state index contributed by atoms with van der Waals surface area (Å²) in [6.45, 7) is 2.14. The maximum absolute atomic E-state index is 11.8. The number of amides is 1. The fraction of sp³-hybridized carbons (Fsp3) is 0.417. The van der Waals surface area contributed by atoms with Crippen molar-refractivity contribution in [3.05, 3.63) is 28.2 Å². The number of nitrogens with one attached hydrogen (secondary N) is 2. The van der Waals surface area contributed by atoms with E-state index in [2.05, 4.69) is 10.6 Å². The molecule has 1 aliphatic heterocycles. The fourth-order valence-electron chi connectivity index (χ4n) is 1.77. The van der Waals surface area contributed by atoms with Gasteiger partial charge in [-0.3, -0.25) is 4.79 Å². The molecule has 98 valence electrons. The van der Waals surface area contributed by atoms with Gasteiger partial charge in [0, 0.05) is 13.1 Å². The molecular formula is C12H14Cl2N2O2. The van der Waals surface area contributed by atoms with Crippen LogP contribution in [0.5, 0.6) is 0 Å². The molecule has 1 heterocycles. The minimum atomic E-state index is -0.154. The lowest BCUT2D eigenvalue weighted by Gasteiger charge is -2.23. The normalized spacial score (nSPS) is 19.6. The van der Waals surface area contributed by atoms with Crippen molar-refractivity contribution in [1.29, 1.82) is 0 Å². The summed E-state index contributed by atoms with van der Waals surface area (Å²) in [5.74, 6) is -0.154. The van der Waals surface area contributed by atoms with Crippen molar-refractivity contribution in [2.24, 2.45) is 0 Å². The molecule has 2 N–H and O–H groups in total. The Morgan fingerprint density at radius 3 is 2.78 bits per heavy atom. The Hall–Kier alpha value is -0.810.